The number of nitrogens with zero attached hydrogens (tertiary/aromatic N) is 1. The summed E-state index contributed by atoms with van der Waals surface area (Å²) >= 11 is 0. The molecule has 1 N–H and O–H groups in total. The van der Waals surface area contributed by atoms with Crippen LogP contribution in [0.2, 0.25) is 0 Å². The van der Waals surface area contributed by atoms with Crippen LogP contribution in [-0.2, 0) is 19.1 Å². The number of nitrogens with one attached hydrogen (secondary N) is 1. The summed E-state index contributed by atoms with van der Waals surface area (Å²) in [6.45, 7) is 3.26. The summed E-state index contributed by atoms with van der Waals surface area (Å²) in [5, 5.41) is 2.78. The predicted molar refractivity (Wildman–Crippen MR) is 79.2 cm³/mol. The molecule has 0 unspecified atom stereocenters. The maximum absolute atomic E-state index is 11.8. The van der Waals surface area contributed by atoms with Crippen LogP contribution < -0.4 is 5.32 Å². The van der Waals surface area contributed by atoms with Crippen molar-refractivity contribution in [1.82, 2.24) is 4.98 Å². The van der Waals surface area contributed by atoms with Crippen molar-refractivity contribution in [2.75, 3.05) is 19.0 Å². The number of para-hydroxylation sites is 2. The van der Waals surface area contributed by atoms with Crippen LogP contribution in [0.4, 0.5) is 6.01 Å². The predicted octanol–water partition coefficient (Wildman–Crippen LogP) is 1.98. The molecule has 22 heavy (non-hydrogen) atoms. The summed E-state index contributed by atoms with van der Waals surface area (Å²) in [5.74, 6) is -1.24. The highest BCUT2D eigenvalue weighted by Gasteiger charge is 2.24. The Balaban J connectivity index is 2.08. The first kappa shape index (κ1) is 15.8. The Morgan fingerprint density at radius 2 is 2.00 bits per heavy atom. The molecule has 118 valence electrons. The van der Waals surface area contributed by atoms with Gasteiger partial charge < -0.3 is 19.2 Å². The first-order valence-electron chi connectivity index (χ1n) is 6.88. The van der Waals surface area contributed by atoms with Gasteiger partial charge in [-0.2, -0.15) is 4.98 Å². The van der Waals surface area contributed by atoms with E-state index in [2.05, 4.69) is 15.0 Å². The maximum atomic E-state index is 11.8. The molecule has 1 aromatic carbocycles. The molecule has 1 heterocycles. The molecule has 0 saturated heterocycles. The van der Waals surface area contributed by atoms with E-state index in [1.807, 2.05) is 12.1 Å². The fourth-order valence-corrected chi connectivity index (χ4v) is 1.73. The number of aromatic nitrogens is 1. The van der Waals surface area contributed by atoms with Crippen LogP contribution in [0.1, 0.15) is 13.8 Å². The topological polar surface area (TPSA) is 90.7 Å². The fraction of sp³-hybridized carbons (Fsp3) is 0.400. The first-order valence-corrected chi connectivity index (χ1v) is 6.88. The molecule has 0 radical (unpaired) electrons. The normalized spacial score (nSPS) is 12.2. The van der Waals surface area contributed by atoms with Crippen molar-refractivity contribution in [3.63, 3.8) is 0 Å². The number of fused-ring (bicyclic) bond motifs is 1. The fourth-order valence-electron chi connectivity index (χ4n) is 1.73. The summed E-state index contributed by atoms with van der Waals surface area (Å²) in [4.78, 5) is 27.5. The zero-order chi connectivity index (χ0) is 16.1. The van der Waals surface area contributed by atoms with E-state index in [1.54, 1.807) is 26.0 Å². The lowest BCUT2D eigenvalue weighted by molar-refractivity contribution is -0.151. The molecule has 0 spiro atoms. The van der Waals surface area contributed by atoms with Crippen molar-refractivity contribution in [2.45, 2.75) is 19.9 Å². The van der Waals surface area contributed by atoms with Gasteiger partial charge >= 0.3 is 11.9 Å². The third-order valence-electron chi connectivity index (χ3n) is 2.94. The Morgan fingerprint density at radius 3 is 2.64 bits per heavy atom. The SMILES string of the molecule is COC(=O)[C@@H](COC(=O)C(C)C)Nc1nc2ccccc2o1. The van der Waals surface area contributed by atoms with E-state index in [4.69, 9.17) is 9.15 Å². The molecular formula is C15H18N2O5. The lowest BCUT2D eigenvalue weighted by Crippen LogP contribution is -2.36. The molecule has 0 aliphatic carbocycles. The molecule has 2 rings (SSSR count). The minimum atomic E-state index is -0.888. The van der Waals surface area contributed by atoms with Crippen molar-refractivity contribution in [2.24, 2.45) is 5.92 Å². The summed E-state index contributed by atoms with van der Waals surface area (Å²) in [6.07, 6.45) is 0. The number of oxazole rings is 1. The number of hydrogen-bond acceptors (Lipinski definition) is 7. The van der Waals surface area contributed by atoms with Crippen LogP contribution >= 0.6 is 0 Å². The largest absolute Gasteiger partial charge is 0.467 e. The molecule has 2 aromatic rings. The lowest BCUT2D eigenvalue weighted by Gasteiger charge is -2.16. The van der Waals surface area contributed by atoms with Gasteiger partial charge in [0, 0.05) is 0 Å². The molecule has 0 fully saturated rings. The van der Waals surface area contributed by atoms with Gasteiger partial charge in [-0.1, -0.05) is 26.0 Å². The Labute approximate surface area is 127 Å². The van der Waals surface area contributed by atoms with Crippen LogP contribution in [0.5, 0.6) is 0 Å². The zero-order valence-electron chi connectivity index (χ0n) is 12.7. The van der Waals surface area contributed by atoms with Crippen molar-refractivity contribution >= 4 is 29.1 Å². The average molecular weight is 306 g/mol. The molecule has 1 aromatic heterocycles. The first-order chi connectivity index (χ1) is 10.5. The standard InChI is InChI=1S/C15H18N2O5/c1-9(2)13(18)21-8-11(14(19)20-3)17-15-16-10-6-4-5-7-12(10)22-15/h4-7,9,11H,8H2,1-3H3,(H,16,17)/t11-/m1/s1. The molecule has 7 heteroatoms. The number of methoxy groups -OCH3 is 1. The number of ether oxygens (including phenoxy) is 2. The Kier molecular flexibility index (Phi) is 4.98. The second-order valence-electron chi connectivity index (χ2n) is 4.99. The van der Waals surface area contributed by atoms with E-state index >= 15 is 0 Å². The van der Waals surface area contributed by atoms with E-state index in [-0.39, 0.29) is 18.5 Å². The summed E-state index contributed by atoms with van der Waals surface area (Å²) in [7, 11) is 1.26. The Hall–Kier alpha value is -2.57. The second kappa shape index (κ2) is 6.93. The molecular weight excluding hydrogens is 288 g/mol. The van der Waals surface area contributed by atoms with Gasteiger partial charge in [0.2, 0.25) is 0 Å². The third-order valence-corrected chi connectivity index (χ3v) is 2.94. The van der Waals surface area contributed by atoms with Crippen LogP contribution in [0, 0.1) is 5.92 Å². The highest BCUT2D eigenvalue weighted by atomic mass is 16.5. The Bertz CT molecular complexity index is 632. The molecule has 0 aliphatic heterocycles. The number of benzene rings is 1. The second-order valence-corrected chi connectivity index (χ2v) is 4.99. The van der Waals surface area contributed by atoms with Crippen LogP contribution in [0.3, 0.4) is 0 Å². The van der Waals surface area contributed by atoms with E-state index in [0.717, 1.165) is 0 Å². The zero-order valence-corrected chi connectivity index (χ0v) is 12.7. The molecule has 0 aliphatic rings. The van der Waals surface area contributed by atoms with E-state index in [1.165, 1.54) is 7.11 Å². The van der Waals surface area contributed by atoms with Crippen molar-refractivity contribution in [3.05, 3.63) is 24.3 Å². The van der Waals surface area contributed by atoms with Crippen LogP contribution in [-0.4, -0.2) is 36.7 Å². The van der Waals surface area contributed by atoms with Gasteiger partial charge in [0.25, 0.3) is 6.01 Å². The quantitative estimate of drug-likeness (QED) is 0.816. The molecule has 7 nitrogen and oxygen atoms in total. The summed E-state index contributed by atoms with van der Waals surface area (Å²) < 4.78 is 15.2. The number of carbonyl (C=O) groups is 2. The van der Waals surface area contributed by atoms with Gasteiger partial charge in [-0.3, -0.25) is 4.79 Å². The molecule has 0 saturated carbocycles. The van der Waals surface area contributed by atoms with E-state index < -0.39 is 18.0 Å². The number of hydrogen-bond donors (Lipinski definition) is 1. The van der Waals surface area contributed by atoms with Gasteiger partial charge in [0.15, 0.2) is 11.6 Å². The molecule has 1 atom stereocenters. The smallest absolute Gasteiger partial charge is 0.332 e. The number of anilines is 1. The van der Waals surface area contributed by atoms with Crippen LogP contribution in [0.25, 0.3) is 11.1 Å². The highest BCUT2D eigenvalue weighted by Crippen LogP contribution is 2.19. The van der Waals surface area contributed by atoms with E-state index in [0.29, 0.717) is 11.1 Å². The van der Waals surface area contributed by atoms with Gasteiger partial charge in [-0.25, -0.2) is 4.79 Å². The minimum Gasteiger partial charge on any atom is -0.467 e. The van der Waals surface area contributed by atoms with Gasteiger partial charge in [0.1, 0.15) is 12.1 Å². The summed E-state index contributed by atoms with van der Waals surface area (Å²) in [5.41, 5.74) is 1.25. The highest BCUT2D eigenvalue weighted by molar-refractivity contribution is 5.80. The van der Waals surface area contributed by atoms with Crippen molar-refractivity contribution in [1.29, 1.82) is 0 Å². The Morgan fingerprint density at radius 1 is 1.27 bits per heavy atom. The maximum Gasteiger partial charge on any atom is 0.332 e. The van der Waals surface area contributed by atoms with Crippen molar-refractivity contribution in [3.8, 4) is 0 Å². The number of esters is 2. The van der Waals surface area contributed by atoms with Crippen LogP contribution in [0.15, 0.2) is 28.7 Å². The minimum absolute atomic E-state index is 0.164. The van der Waals surface area contributed by atoms with E-state index in [9.17, 15) is 9.59 Å². The monoisotopic (exact) mass is 306 g/mol. The molecule has 0 bridgehead atoms. The lowest BCUT2D eigenvalue weighted by atomic mass is 10.2. The van der Waals surface area contributed by atoms with Gasteiger partial charge in [0.05, 0.1) is 13.0 Å². The number of rotatable bonds is 6. The number of carbonyl (C=O) groups excluding carboxylic acids is 2. The van der Waals surface area contributed by atoms with Gasteiger partial charge in [-0.15, -0.1) is 0 Å². The third kappa shape index (κ3) is 3.75. The summed E-state index contributed by atoms with van der Waals surface area (Å²) in [6, 6.07) is 6.48. The average Bonchev–Trinajstić information content (AvgIpc) is 2.92. The molecule has 0 amide bonds. The van der Waals surface area contributed by atoms with Gasteiger partial charge in [-0.05, 0) is 12.1 Å². The van der Waals surface area contributed by atoms with Crippen molar-refractivity contribution < 1.29 is 23.5 Å².